The number of H-pyrrole nitrogens is 1. The molecule has 1 aromatic heterocycles. The lowest BCUT2D eigenvalue weighted by Crippen LogP contribution is -2.56. The van der Waals surface area contributed by atoms with Gasteiger partial charge in [-0.3, -0.25) is 9.59 Å². The number of carbonyl (C=O) groups excluding carboxylic acids is 2. The van der Waals surface area contributed by atoms with E-state index in [1.54, 1.807) is 20.0 Å². The first kappa shape index (κ1) is 24.4. The molecule has 9 heteroatoms. The molecule has 0 aliphatic carbocycles. The molecule has 0 saturated carbocycles. The molecule has 3 atom stereocenters. The van der Waals surface area contributed by atoms with Crippen molar-refractivity contribution < 1.29 is 19.5 Å². The summed E-state index contributed by atoms with van der Waals surface area (Å²) in [7, 11) is 0. The minimum absolute atomic E-state index is 0.196. The van der Waals surface area contributed by atoms with Crippen LogP contribution >= 0.6 is 0 Å². The molecule has 0 aliphatic heterocycles. The molecule has 2 aromatic rings. The molecule has 0 fully saturated rings. The Balaban J connectivity index is 2.20. The molecule has 170 valence electrons. The van der Waals surface area contributed by atoms with E-state index in [0.717, 1.165) is 22.9 Å². The fraction of sp³-hybridized carbons (Fsp3) is 0.500. The second-order valence-corrected chi connectivity index (χ2v) is 8.08. The third-order valence-corrected chi connectivity index (χ3v) is 5.27. The van der Waals surface area contributed by atoms with E-state index in [0.29, 0.717) is 19.4 Å². The van der Waals surface area contributed by atoms with Crippen molar-refractivity contribution in [1.82, 2.24) is 15.6 Å². The van der Waals surface area contributed by atoms with Crippen molar-refractivity contribution in [2.24, 2.45) is 17.4 Å². The maximum absolute atomic E-state index is 13.0. The van der Waals surface area contributed by atoms with Gasteiger partial charge in [-0.25, -0.2) is 4.79 Å². The third kappa shape index (κ3) is 6.80. The molecular formula is C22H33N5O4. The maximum Gasteiger partial charge on any atom is 0.326 e. The molecule has 1 heterocycles. The van der Waals surface area contributed by atoms with Crippen LogP contribution in [0, 0.1) is 5.92 Å². The largest absolute Gasteiger partial charge is 0.480 e. The van der Waals surface area contributed by atoms with Gasteiger partial charge in [-0.15, -0.1) is 0 Å². The van der Waals surface area contributed by atoms with Gasteiger partial charge in [-0.2, -0.15) is 0 Å². The van der Waals surface area contributed by atoms with Gasteiger partial charge >= 0.3 is 5.97 Å². The predicted octanol–water partition coefficient (Wildman–Crippen LogP) is 0.877. The second-order valence-electron chi connectivity index (χ2n) is 8.08. The van der Waals surface area contributed by atoms with Crippen LogP contribution < -0.4 is 22.1 Å². The number of fused-ring (bicyclic) bond motifs is 1. The summed E-state index contributed by atoms with van der Waals surface area (Å²) in [6.45, 7) is 3.94. The Morgan fingerprint density at radius 3 is 2.45 bits per heavy atom. The lowest BCUT2D eigenvalue weighted by Gasteiger charge is -2.24. The summed E-state index contributed by atoms with van der Waals surface area (Å²) >= 11 is 0. The zero-order valence-corrected chi connectivity index (χ0v) is 18.1. The van der Waals surface area contributed by atoms with Crippen LogP contribution in [0.3, 0.4) is 0 Å². The number of nitrogens with two attached hydrogens (primary N) is 2. The number of carboxylic acid groups (broad SMARTS) is 1. The Labute approximate surface area is 181 Å². The first-order chi connectivity index (χ1) is 14.7. The van der Waals surface area contributed by atoms with Crippen LogP contribution in [0.5, 0.6) is 0 Å². The predicted molar refractivity (Wildman–Crippen MR) is 119 cm³/mol. The molecule has 0 radical (unpaired) electrons. The molecule has 1 aromatic carbocycles. The van der Waals surface area contributed by atoms with Crippen molar-refractivity contribution in [2.45, 2.75) is 57.7 Å². The standard InChI is InChI=1S/C22H33N5O4/c1-13(2)19(22(30)31)27-21(29)18(26-20(28)16(24)8-5-6-10-23)11-14-12-25-17-9-4-3-7-15(14)17/h3-4,7,9,12-13,16,18-19,25H,5-6,8,10-11,23-24H2,1-2H3,(H,26,28)(H,27,29)(H,30,31)/t16-,18-,19-/m0/s1. The molecule has 8 N–H and O–H groups in total. The van der Waals surface area contributed by atoms with Gasteiger partial charge in [0.05, 0.1) is 6.04 Å². The van der Waals surface area contributed by atoms with Crippen molar-refractivity contribution in [1.29, 1.82) is 0 Å². The lowest BCUT2D eigenvalue weighted by molar-refractivity contribution is -0.143. The number of hydrogen-bond acceptors (Lipinski definition) is 5. The number of amides is 2. The Kier molecular flexibility index (Phi) is 9.02. The van der Waals surface area contributed by atoms with Gasteiger partial charge in [0.1, 0.15) is 12.1 Å². The van der Waals surface area contributed by atoms with E-state index < -0.39 is 35.9 Å². The van der Waals surface area contributed by atoms with Crippen LogP contribution in [0.15, 0.2) is 30.5 Å². The molecule has 0 spiro atoms. The van der Waals surface area contributed by atoms with Gasteiger partial charge in [-0.1, -0.05) is 38.5 Å². The number of para-hydroxylation sites is 1. The van der Waals surface area contributed by atoms with E-state index >= 15 is 0 Å². The van der Waals surface area contributed by atoms with Crippen molar-refractivity contribution in [3.8, 4) is 0 Å². The van der Waals surface area contributed by atoms with Crippen molar-refractivity contribution in [2.75, 3.05) is 6.54 Å². The normalized spacial score (nSPS) is 14.2. The van der Waals surface area contributed by atoms with E-state index in [2.05, 4.69) is 15.6 Å². The topological polar surface area (TPSA) is 163 Å². The number of rotatable bonds is 12. The Morgan fingerprint density at radius 2 is 1.81 bits per heavy atom. The average Bonchev–Trinajstić information content (AvgIpc) is 3.13. The highest BCUT2D eigenvalue weighted by atomic mass is 16.4. The highest BCUT2D eigenvalue weighted by molar-refractivity contribution is 5.93. The monoisotopic (exact) mass is 431 g/mol. The summed E-state index contributed by atoms with van der Waals surface area (Å²) in [4.78, 5) is 40.3. The Hall–Kier alpha value is -2.91. The Bertz CT molecular complexity index is 895. The van der Waals surface area contributed by atoms with E-state index in [1.807, 2.05) is 24.3 Å². The zero-order valence-electron chi connectivity index (χ0n) is 18.1. The summed E-state index contributed by atoms with van der Waals surface area (Å²) < 4.78 is 0. The molecule has 31 heavy (non-hydrogen) atoms. The molecule has 0 unspecified atom stereocenters. The Morgan fingerprint density at radius 1 is 1.10 bits per heavy atom. The van der Waals surface area contributed by atoms with Gasteiger partial charge in [0.2, 0.25) is 11.8 Å². The van der Waals surface area contributed by atoms with Gasteiger partial charge in [0, 0.05) is 23.5 Å². The zero-order chi connectivity index (χ0) is 23.0. The summed E-state index contributed by atoms with van der Waals surface area (Å²) in [5, 5.41) is 15.6. The number of carboxylic acids is 1. The number of carbonyl (C=O) groups is 3. The van der Waals surface area contributed by atoms with Crippen LogP contribution in [-0.4, -0.2) is 52.5 Å². The van der Waals surface area contributed by atoms with Crippen LogP contribution in [0.4, 0.5) is 0 Å². The number of aromatic amines is 1. The molecule has 2 rings (SSSR count). The average molecular weight is 432 g/mol. The van der Waals surface area contributed by atoms with Crippen molar-refractivity contribution in [3.05, 3.63) is 36.0 Å². The molecule has 0 aliphatic rings. The van der Waals surface area contributed by atoms with Crippen molar-refractivity contribution >= 4 is 28.7 Å². The molecule has 0 saturated heterocycles. The number of aromatic nitrogens is 1. The number of unbranched alkanes of at least 4 members (excludes halogenated alkanes) is 1. The van der Waals surface area contributed by atoms with E-state index in [9.17, 15) is 19.5 Å². The van der Waals surface area contributed by atoms with Gasteiger partial charge in [-0.05, 0) is 36.9 Å². The fourth-order valence-corrected chi connectivity index (χ4v) is 3.42. The van der Waals surface area contributed by atoms with Gasteiger partial charge in [0.15, 0.2) is 0 Å². The van der Waals surface area contributed by atoms with Crippen molar-refractivity contribution in [3.63, 3.8) is 0 Å². The highest BCUT2D eigenvalue weighted by Gasteiger charge is 2.30. The van der Waals surface area contributed by atoms with Crippen LogP contribution in [0.2, 0.25) is 0 Å². The fourth-order valence-electron chi connectivity index (χ4n) is 3.42. The minimum Gasteiger partial charge on any atom is -0.480 e. The van der Waals surface area contributed by atoms with E-state index in [1.165, 1.54) is 0 Å². The summed E-state index contributed by atoms with van der Waals surface area (Å²) in [5.74, 6) is -2.45. The number of aliphatic carboxylic acids is 1. The minimum atomic E-state index is -1.13. The van der Waals surface area contributed by atoms with E-state index in [-0.39, 0.29) is 12.3 Å². The maximum atomic E-state index is 13.0. The summed E-state index contributed by atoms with van der Waals surface area (Å²) in [6.07, 6.45) is 3.90. The second kappa shape index (κ2) is 11.5. The number of benzene rings is 1. The van der Waals surface area contributed by atoms with Gasteiger partial charge in [0.25, 0.3) is 0 Å². The molecule has 0 bridgehead atoms. The van der Waals surface area contributed by atoms with E-state index in [4.69, 9.17) is 11.5 Å². The first-order valence-electron chi connectivity index (χ1n) is 10.6. The smallest absolute Gasteiger partial charge is 0.326 e. The summed E-state index contributed by atoms with van der Waals surface area (Å²) in [5.41, 5.74) is 13.2. The van der Waals surface area contributed by atoms with Crippen LogP contribution in [0.1, 0.15) is 38.7 Å². The molecule has 9 nitrogen and oxygen atoms in total. The van der Waals surface area contributed by atoms with Gasteiger partial charge < -0.3 is 32.2 Å². The summed E-state index contributed by atoms with van der Waals surface area (Å²) in [6, 6.07) is 4.82. The first-order valence-corrected chi connectivity index (χ1v) is 10.6. The number of hydrogen-bond donors (Lipinski definition) is 6. The van der Waals surface area contributed by atoms with Crippen LogP contribution in [-0.2, 0) is 20.8 Å². The highest BCUT2D eigenvalue weighted by Crippen LogP contribution is 2.19. The number of nitrogens with one attached hydrogen (secondary N) is 3. The molecular weight excluding hydrogens is 398 g/mol. The van der Waals surface area contributed by atoms with Crippen LogP contribution in [0.25, 0.3) is 10.9 Å². The third-order valence-electron chi connectivity index (χ3n) is 5.27. The lowest BCUT2D eigenvalue weighted by atomic mass is 10.0. The SMILES string of the molecule is CC(C)[C@H](NC(=O)[C@H](Cc1c[nH]c2ccccc12)NC(=O)[C@@H](N)CCCCN)C(=O)O. The quantitative estimate of drug-likeness (QED) is 0.273. The molecule has 2 amide bonds.